The van der Waals surface area contributed by atoms with Crippen LogP contribution in [0.4, 0.5) is 5.69 Å². The average molecular weight is 162 g/mol. The Bertz CT molecular complexity index is 206. The minimum Gasteiger partial charge on any atom is -0.478 e. The predicted molar refractivity (Wildman–Crippen MR) is 40.2 cm³/mol. The van der Waals surface area contributed by atoms with E-state index in [1.165, 1.54) is 13.3 Å². The van der Waals surface area contributed by atoms with E-state index >= 15 is 0 Å². The van der Waals surface area contributed by atoms with Crippen LogP contribution in [0.3, 0.4) is 0 Å². The van der Waals surface area contributed by atoms with Crippen LogP contribution in [-0.4, -0.2) is 17.3 Å². The molecule has 0 fully saturated rings. The molecule has 0 atom stereocenters. The summed E-state index contributed by atoms with van der Waals surface area (Å²) in [6.07, 6.45) is 1.51. The van der Waals surface area contributed by atoms with Gasteiger partial charge in [0, 0.05) is 0 Å². The van der Waals surface area contributed by atoms with Crippen LogP contribution in [0.2, 0.25) is 0 Å². The molecule has 1 rings (SSSR count). The zero-order valence-electron chi connectivity index (χ0n) is 5.44. The van der Waals surface area contributed by atoms with Crippen molar-refractivity contribution < 1.29 is 4.74 Å². The first-order chi connectivity index (χ1) is 4.34. The summed E-state index contributed by atoms with van der Waals surface area (Å²) in [6.45, 7) is 0. The molecule has 0 radical (unpaired) electrons. The van der Waals surface area contributed by atoms with Crippen molar-refractivity contribution in [1.29, 1.82) is 0 Å². The van der Waals surface area contributed by atoms with Crippen LogP contribution in [0, 0.1) is 0 Å². The van der Waals surface area contributed by atoms with Gasteiger partial charge in [-0.25, -0.2) is 0 Å². The fourth-order valence-electron chi connectivity index (χ4n) is 0.487. The Hall–Kier alpha value is -1.03. The minimum atomic E-state index is 0. The number of nitrogens with two attached hydrogens (primary N) is 1. The van der Waals surface area contributed by atoms with Gasteiger partial charge in [0.2, 0.25) is 0 Å². The number of halogens is 1. The number of anilines is 1. The van der Waals surface area contributed by atoms with Crippen molar-refractivity contribution in [2.75, 3.05) is 12.8 Å². The Labute approximate surface area is 64.8 Å². The highest BCUT2D eigenvalue weighted by molar-refractivity contribution is 5.85. The Morgan fingerprint density at radius 1 is 1.60 bits per heavy atom. The van der Waals surface area contributed by atoms with E-state index in [4.69, 9.17) is 10.5 Å². The van der Waals surface area contributed by atoms with E-state index < -0.39 is 0 Å². The van der Waals surface area contributed by atoms with E-state index in [1.54, 1.807) is 6.07 Å². The standard InChI is InChI=1S/C5H7N3O.ClH/c1-9-5-4(6)2-3-7-8-5;/h2-3H,1H3,(H2,6,7);1H. The fraction of sp³-hybridized carbons (Fsp3) is 0.200. The third-order valence-corrected chi connectivity index (χ3v) is 0.910. The highest BCUT2D eigenvalue weighted by atomic mass is 35.5. The monoisotopic (exact) mass is 161 g/mol. The zero-order valence-corrected chi connectivity index (χ0v) is 6.26. The van der Waals surface area contributed by atoms with Crippen molar-refractivity contribution in [3.05, 3.63) is 12.3 Å². The number of rotatable bonds is 1. The second-order valence-electron chi connectivity index (χ2n) is 1.50. The quantitative estimate of drug-likeness (QED) is 0.651. The molecule has 0 aliphatic carbocycles. The van der Waals surface area contributed by atoms with Gasteiger partial charge in [-0.3, -0.25) is 0 Å². The Morgan fingerprint density at radius 3 is 2.70 bits per heavy atom. The SMILES string of the molecule is COc1nnccc1N.Cl. The molecule has 5 heteroatoms. The highest BCUT2D eigenvalue weighted by Crippen LogP contribution is 2.12. The van der Waals surface area contributed by atoms with Gasteiger partial charge in [-0.2, -0.15) is 5.10 Å². The Morgan fingerprint density at radius 2 is 2.30 bits per heavy atom. The number of methoxy groups -OCH3 is 1. The number of nitrogens with zero attached hydrogens (tertiary/aromatic N) is 2. The summed E-state index contributed by atoms with van der Waals surface area (Å²) in [7, 11) is 1.50. The predicted octanol–water partition coefficient (Wildman–Crippen LogP) is 0.489. The van der Waals surface area contributed by atoms with Crippen molar-refractivity contribution in [3.63, 3.8) is 0 Å². The molecule has 0 aromatic carbocycles. The summed E-state index contributed by atoms with van der Waals surface area (Å²) in [6, 6.07) is 1.63. The summed E-state index contributed by atoms with van der Waals surface area (Å²) in [5.41, 5.74) is 5.91. The number of aromatic nitrogens is 2. The van der Waals surface area contributed by atoms with Gasteiger partial charge in [0.1, 0.15) is 0 Å². The second kappa shape index (κ2) is 3.90. The molecule has 10 heavy (non-hydrogen) atoms. The number of ether oxygens (including phenoxy) is 1. The first-order valence-corrected chi connectivity index (χ1v) is 2.45. The van der Waals surface area contributed by atoms with E-state index in [-0.39, 0.29) is 12.4 Å². The van der Waals surface area contributed by atoms with E-state index in [9.17, 15) is 0 Å². The summed E-state index contributed by atoms with van der Waals surface area (Å²) < 4.78 is 4.75. The highest BCUT2D eigenvalue weighted by Gasteiger charge is 1.95. The lowest BCUT2D eigenvalue weighted by Gasteiger charge is -1.97. The lowest BCUT2D eigenvalue weighted by Crippen LogP contribution is -1.95. The Balaban J connectivity index is 0.000000810. The van der Waals surface area contributed by atoms with Crippen molar-refractivity contribution in [2.24, 2.45) is 0 Å². The Kier molecular flexibility index (Phi) is 3.49. The molecular weight excluding hydrogens is 154 g/mol. The van der Waals surface area contributed by atoms with Crippen LogP contribution >= 0.6 is 12.4 Å². The van der Waals surface area contributed by atoms with Gasteiger partial charge >= 0.3 is 0 Å². The van der Waals surface area contributed by atoms with Gasteiger partial charge in [-0.05, 0) is 6.07 Å². The van der Waals surface area contributed by atoms with E-state index in [0.29, 0.717) is 11.6 Å². The summed E-state index contributed by atoms with van der Waals surface area (Å²) in [4.78, 5) is 0. The molecule has 1 aromatic rings. The summed E-state index contributed by atoms with van der Waals surface area (Å²) in [5, 5.41) is 7.16. The van der Waals surface area contributed by atoms with Crippen molar-refractivity contribution in [3.8, 4) is 5.88 Å². The lowest BCUT2D eigenvalue weighted by atomic mass is 10.5. The second-order valence-corrected chi connectivity index (χ2v) is 1.50. The van der Waals surface area contributed by atoms with Crippen molar-refractivity contribution in [2.45, 2.75) is 0 Å². The van der Waals surface area contributed by atoms with Gasteiger partial charge in [0.15, 0.2) is 0 Å². The van der Waals surface area contributed by atoms with Crippen LogP contribution < -0.4 is 10.5 Å². The van der Waals surface area contributed by atoms with Gasteiger partial charge < -0.3 is 10.5 Å². The number of hydrogen-bond donors (Lipinski definition) is 1. The molecule has 0 amide bonds. The molecule has 1 aromatic heterocycles. The maximum Gasteiger partial charge on any atom is 0.256 e. The third kappa shape index (κ3) is 1.73. The third-order valence-electron chi connectivity index (χ3n) is 0.910. The molecule has 56 valence electrons. The van der Waals surface area contributed by atoms with Gasteiger partial charge in [0.05, 0.1) is 19.0 Å². The number of hydrogen-bond acceptors (Lipinski definition) is 4. The van der Waals surface area contributed by atoms with E-state index in [1.807, 2.05) is 0 Å². The molecule has 0 saturated carbocycles. The first kappa shape index (κ1) is 8.97. The van der Waals surface area contributed by atoms with Crippen LogP contribution in [0.5, 0.6) is 5.88 Å². The molecule has 0 aliphatic rings. The van der Waals surface area contributed by atoms with E-state index in [2.05, 4.69) is 10.2 Å². The fourth-order valence-corrected chi connectivity index (χ4v) is 0.487. The van der Waals surface area contributed by atoms with Crippen molar-refractivity contribution >= 4 is 18.1 Å². The van der Waals surface area contributed by atoms with Gasteiger partial charge in [-0.1, -0.05) is 0 Å². The van der Waals surface area contributed by atoms with Gasteiger partial charge in [0.25, 0.3) is 5.88 Å². The molecule has 2 N–H and O–H groups in total. The minimum absolute atomic E-state index is 0. The molecule has 0 bridgehead atoms. The molecule has 0 unspecified atom stereocenters. The lowest BCUT2D eigenvalue weighted by molar-refractivity contribution is 0.394. The normalized spacial score (nSPS) is 8.10. The molecule has 4 nitrogen and oxygen atoms in total. The average Bonchev–Trinajstić information content (AvgIpc) is 1.89. The maximum absolute atomic E-state index is 5.40. The van der Waals surface area contributed by atoms with Gasteiger partial charge in [-0.15, -0.1) is 17.5 Å². The molecule has 0 spiro atoms. The summed E-state index contributed by atoms with van der Waals surface area (Å²) in [5.74, 6) is 0.373. The largest absolute Gasteiger partial charge is 0.478 e. The topological polar surface area (TPSA) is 61.0 Å². The number of nitrogen functional groups attached to an aromatic ring is 1. The summed E-state index contributed by atoms with van der Waals surface area (Å²) >= 11 is 0. The molecule has 0 aliphatic heterocycles. The van der Waals surface area contributed by atoms with Crippen LogP contribution in [-0.2, 0) is 0 Å². The first-order valence-electron chi connectivity index (χ1n) is 2.45. The smallest absolute Gasteiger partial charge is 0.256 e. The van der Waals surface area contributed by atoms with Crippen LogP contribution in [0.15, 0.2) is 12.3 Å². The van der Waals surface area contributed by atoms with E-state index in [0.717, 1.165) is 0 Å². The molecule has 0 saturated heterocycles. The molecule has 1 heterocycles. The maximum atomic E-state index is 5.40. The molecular formula is C5H8ClN3O. The van der Waals surface area contributed by atoms with Crippen LogP contribution in [0.1, 0.15) is 0 Å². The zero-order chi connectivity index (χ0) is 6.69. The van der Waals surface area contributed by atoms with Crippen molar-refractivity contribution in [1.82, 2.24) is 10.2 Å². The van der Waals surface area contributed by atoms with Crippen LogP contribution in [0.25, 0.3) is 0 Å².